The molecule has 0 amide bonds. The number of aliphatic imine (C=N–C) groups is 1. The molecule has 0 N–H and O–H groups in total. The monoisotopic (exact) mass is 274 g/mol. The molecule has 4 heteroatoms. The van der Waals surface area contributed by atoms with Crippen molar-refractivity contribution < 1.29 is 4.58 Å². The minimum absolute atomic E-state index is 0.849. The van der Waals surface area contributed by atoms with Gasteiger partial charge in [0.1, 0.15) is 14.1 Å². The summed E-state index contributed by atoms with van der Waals surface area (Å²) in [6.07, 6.45) is 8.59. The zero-order valence-electron chi connectivity index (χ0n) is 11.8. The summed E-state index contributed by atoms with van der Waals surface area (Å²) in [7, 11) is 4.02. The number of allylic oxidation sites excluding steroid dienone is 4. The minimum Gasteiger partial charge on any atom is -0.272 e. The van der Waals surface area contributed by atoms with Gasteiger partial charge >= 0.3 is 0 Å². The molecule has 0 aliphatic rings. The summed E-state index contributed by atoms with van der Waals surface area (Å²) >= 11 is 1.50. The van der Waals surface area contributed by atoms with E-state index >= 15 is 0 Å². The second-order valence-corrected chi connectivity index (χ2v) is 5.06. The molecule has 0 unspecified atom stereocenters. The van der Waals surface area contributed by atoms with Crippen LogP contribution in [0.1, 0.15) is 23.9 Å². The number of hydrogen-bond donors (Lipinski definition) is 0. The van der Waals surface area contributed by atoms with Crippen molar-refractivity contribution in [3.63, 3.8) is 0 Å². The van der Waals surface area contributed by atoms with Gasteiger partial charge in [-0.15, -0.1) is 0 Å². The standard InChI is InChI=1S/C15H20N3S/c1-6-13(8-10-18(4)5)15-11-14(17-19-15)12(2)7-9-16-3/h7-11H,2-3,6H2,1,4-5H3/q+1/b9-7-,13-8+. The van der Waals surface area contributed by atoms with Crippen LogP contribution in [0.5, 0.6) is 0 Å². The Morgan fingerprint density at radius 3 is 2.84 bits per heavy atom. The van der Waals surface area contributed by atoms with Crippen LogP contribution in [0.4, 0.5) is 0 Å². The molecule has 0 fully saturated rings. The van der Waals surface area contributed by atoms with Gasteiger partial charge in [-0.05, 0) is 48.0 Å². The van der Waals surface area contributed by atoms with Gasteiger partial charge in [-0.2, -0.15) is 4.37 Å². The van der Waals surface area contributed by atoms with Crippen LogP contribution in [-0.2, 0) is 0 Å². The Hall–Kier alpha value is -1.81. The van der Waals surface area contributed by atoms with E-state index in [1.807, 2.05) is 24.7 Å². The van der Waals surface area contributed by atoms with Gasteiger partial charge in [-0.25, -0.2) is 4.58 Å². The van der Waals surface area contributed by atoms with Gasteiger partial charge in [0.15, 0.2) is 6.21 Å². The molecule has 1 aromatic rings. The van der Waals surface area contributed by atoms with E-state index in [4.69, 9.17) is 0 Å². The fourth-order valence-electron chi connectivity index (χ4n) is 1.42. The van der Waals surface area contributed by atoms with Crippen molar-refractivity contribution in [3.8, 4) is 0 Å². The second-order valence-electron chi connectivity index (χ2n) is 4.26. The first kappa shape index (κ1) is 15.2. The highest BCUT2D eigenvalue weighted by molar-refractivity contribution is 7.07. The van der Waals surface area contributed by atoms with Crippen LogP contribution in [0.2, 0.25) is 0 Å². The third kappa shape index (κ3) is 4.75. The Morgan fingerprint density at radius 2 is 2.26 bits per heavy atom. The first-order valence-corrected chi connectivity index (χ1v) is 6.85. The van der Waals surface area contributed by atoms with Gasteiger partial charge in [0.2, 0.25) is 0 Å². The molecular weight excluding hydrogens is 254 g/mol. The normalized spacial score (nSPS) is 11.6. The molecule has 0 saturated carbocycles. The fraction of sp³-hybridized carbons (Fsp3) is 0.267. The van der Waals surface area contributed by atoms with Gasteiger partial charge in [-0.3, -0.25) is 4.99 Å². The Balaban J connectivity index is 2.97. The van der Waals surface area contributed by atoms with Crippen LogP contribution < -0.4 is 0 Å². The summed E-state index contributed by atoms with van der Waals surface area (Å²) in [5.74, 6) is 0. The summed E-state index contributed by atoms with van der Waals surface area (Å²) in [4.78, 5) is 4.85. The van der Waals surface area contributed by atoms with Crippen LogP contribution in [0.3, 0.4) is 0 Å². The molecule has 0 radical (unpaired) electrons. The molecule has 100 valence electrons. The smallest absolute Gasteiger partial charge is 0.163 e. The average Bonchev–Trinajstić information content (AvgIpc) is 2.86. The number of aromatic nitrogens is 1. The summed E-state index contributed by atoms with van der Waals surface area (Å²) in [6, 6.07) is 2.07. The number of rotatable bonds is 6. The third-order valence-electron chi connectivity index (χ3n) is 2.49. The van der Waals surface area contributed by atoms with Crippen molar-refractivity contribution >= 4 is 35.6 Å². The SMILES string of the molecule is C=N/C=C\C(=C)c1cc(/C(=C/C=[N+](C)C)CC)sn1. The van der Waals surface area contributed by atoms with Gasteiger partial charge in [-0.1, -0.05) is 13.5 Å². The highest BCUT2D eigenvalue weighted by atomic mass is 32.1. The van der Waals surface area contributed by atoms with Crippen LogP contribution in [0.25, 0.3) is 11.1 Å². The maximum atomic E-state index is 4.43. The van der Waals surface area contributed by atoms with Crippen molar-refractivity contribution in [2.24, 2.45) is 4.99 Å². The van der Waals surface area contributed by atoms with Crippen LogP contribution >= 0.6 is 11.5 Å². The molecule has 1 rings (SSSR count). The maximum absolute atomic E-state index is 4.43. The first-order valence-electron chi connectivity index (χ1n) is 6.07. The third-order valence-corrected chi connectivity index (χ3v) is 3.36. The topological polar surface area (TPSA) is 28.3 Å². The van der Waals surface area contributed by atoms with Gasteiger partial charge in [0.25, 0.3) is 0 Å². The van der Waals surface area contributed by atoms with Crippen molar-refractivity contribution in [3.05, 3.63) is 41.6 Å². The maximum Gasteiger partial charge on any atom is 0.163 e. The largest absolute Gasteiger partial charge is 0.272 e. The van der Waals surface area contributed by atoms with Crippen LogP contribution in [-0.4, -0.2) is 36.0 Å². The predicted octanol–water partition coefficient (Wildman–Crippen LogP) is 3.51. The van der Waals surface area contributed by atoms with E-state index in [9.17, 15) is 0 Å². The Morgan fingerprint density at radius 1 is 1.53 bits per heavy atom. The van der Waals surface area contributed by atoms with Crippen molar-refractivity contribution in [2.45, 2.75) is 13.3 Å². The first-order chi connectivity index (χ1) is 9.08. The lowest BCUT2D eigenvalue weighted by molar-refractivity contribution is -0.458. The minimum atomic E-state index is 0.849. The molecule has 0 atom stereocenters. The van der Waals surface area contributed by atoms with E-state index in [0.29, 0.717) is 0 Å². The van der Waals surface area contributed by atoms with Crippen molar-refractivity contribution in [1.82, 2.24) is 4.37 Å². The van der Waals surface area contributed by atoms with Gasteiger partial charge in [0, 0.05) is 12.3 Å². The van der Waals surface area contributed by atoms with Gasteiger partial charge in [0.05, 0.1) is 10.6 Å². The van der Waals surface area contributed by atoms with Crippen LogP contribution in [0, 0.1) is 0 Å². The molecule has 1 aromatic heterocycles. The quantitative estimate of drug-likeness (QED) is 0.443. The molecule has 1 heterocycles. The Kier molecular flexibility index (Phi) is 6.09. The van der Waals surface area contributed by atoms with Crippen molar-refractivity contribution in [1.29, 1.82) is 0 Å². The Labute approximate surface area is 119 Å². The molecular formula is C15H20N3S+. The van der Waals surface area contributed by atoms with Crippen LogP contribution in [0.15, 0.2) is 36.0 Å². The second kappa shape index (κ2) is 7.59. The predicted molar refractivity (Wildman–Crippen MR) is 86.3 cm³/mol. The fourth-order valence-corrected chi connectivity index (χ4v) is 2.28. The summed E-state index contributed by atoms with van der Waals surface area (Å²) in [6.45, 7) is 9.51. The zero-order valence-corrected chi connectivity index (χ0v) is 12.6. The van der Waals surface area contributed by atoms with Gasteiger partial charge < -0.3 is 0 Å². The molecule has 0 aliphatic heterocycles. The summed E-state index contributed by atoms with van der Waals surface area (Å²) in [5, 5.41) is 0. The number of hydrogen-bond acceptors (Lipinski definition) is 3. The molecule has 19 heavy (non-hydrogen) atoms. The summed E-state index contributed by atoms with van der Waals surface area (Å²) in [5.41, 5.74) is 3.02. The van der Waals surface area contributed by atoms with E-state index in [-0.39, 0.29) is 0 Å². The molecule has 0 bridgehead atoms. The molecule has 3 nitrogen and oxygen atoms in total. The lowest BCUT2D eigenvalue weighted by atomic mass is 10.1. The lowest BCUT2D eigenvalue weighted by Gasteiger charge is -1.97. The highest BCUT2D eigenvalue weighted by Crippen LogP contribution is 2.25. The van der Waals surface area contributed by atoms with E-state index in [1.54, 1.807) is 6.20 Å². The van der Waals surface area contributed by atoms with Crippen molar-refractivity contribution in [2.75, 3.05) is 14.1 Å². The zero-order chi connectivity index (χ0) is 14.3. The lowest BCUT2D eigenvalue weighted by Crippen LogP contribution is -1.96. The highest BCUT2D eigenvalue weighted by Gasteiger charge is 2.07. The molecule has 0 aromatic carbocycles. The Bertz CT molecular complexity index is 543. The molecule has 0 aliphatic carbocycles. The summed E-state index contributed by atoms with van der Waals surface area (Å²) < 4.78 is 6.45. The molecule has 0 spiro atoms. The van der Waals surface area contributed by atoms with E-state index < -0.39 is 0 Å². The van der Waals surface area contributed by atoms with E-state index in [2.05, 4.69) is 47.9 Å². The van der Waals surface area contributed by atoms with E-state index in [0.717, 1.165) is 17.7 Å². The van der Waals surface area contributed by atoms with E-state index in [1.165, 1.54) is 22.0 Å². The molecule has 0 saturated heterocycles. The average molecular weight is 274 g/mol. The number of nitrogens with zero attached hydrogens (tertiary/aromatic N) is 3.